The number of hydrogen-bond acceptors (Lipinski definition) is 2. The molecule has 0 fully saturated rings. The maximum atomic E-state index is 6.18. The molecule has 8 aromatic rings. The normalized spacial score (nSPS) is 11.3. The third kappa shape index (κ3) is 4.22. The van der Waals surface area contributed by atoms with Crippen molar-refractivity contribution in [2.75, 3.05) is 4.90 Å². The van der Waals surface area contributed by atoms with E-state index in [4.69, 9.17) is 4.42 Å². The first-order valence-electron chi connectivity index (χ1n) is 14.3. The molecule has 0 aliphatic heterocycles. The molecule has 0 bridgehead atoms. The number of anilines is 3. The molecular formula is C40H27NO. The van der Waals surface area contributed by atoms with Gasteiger partial charge in [-0.25, -0.2) is 0 Å². The molecule has 1 aromatic heterocycles. The Labute approximate surface area is 244 Å². The van der Waals surface area contributed by atoms with Gasteiger partial charge in [-0.05, 0) is 81.6 Å². The Morgan fingerprint density at radius 2 is 0.929 bits per heavy atom. The van der Waals surface area contributed by atoms with Crippen molar-refractivity contribution in [3.05, 3.63) is 164 Å². The fraction of sp³-hybridized carbons (Fsp3) is 0. The van der Waals surface area contributed by atoms with E-state index in [1.54, 1.807) is 0 Å². The van der Waals surface area contributed by atoms with E-state index in [1.165, 1.54) is 38.4 Å². The van der Waals surface area contributed by atoms with Crippen LogP contribution in [-0.4, -0.2) is 0 Å². The van der Waals surface area contributed by atoms with Crippen molar-refractivity contribution in [2.24, 2.45) is 0 Å². The first-order valence-corrected chi connectivity index (χ1v) is 14.3. The van der Waals surface area contributed by atoms with Gasteiger partial charge >= 0.3 is 0 Å². The van der Waals surface area contributed by atoms with Crippen molar-refractivity contribution in [1.29, 1.82) is 0 Å². The fourth-order valence-corrected chi connectivity index (χ4v) is 6.04. The summed E-state index contributed by atoms with van der Waals surface area (Å²) in [5.41, 5.74) is 9.92. The van der Waals surface area contributed by atoms with E-state index >= 15 is 0 Å². The second-order valence-electron chi connectivity index (χ2n) is 10.6. The van der Waals surface area contributed by atoms with Gasteiger partial charge in [0.2, 0.25) is 0 Å². The summed E-state index contributed by atoms with van der Waals surface area (Å²) in [5.74, 6) is 0. The minimum atomic E-state index is 0.916. The number of fused-ring (bicyclic) bond motifs is 5. The maximum Gasteiger partial charge on any atom is 0.136 e. The molecule has 0 amide bonds. The number of para-hydroxylation sites is 1. The quantitative estimate of drug-likeness (QED) is 0.217. The summed E-state index contributed by atoms with van der Waals surface area (Å²) in [5, 5.41) is 4.68. The molecule has 2 heteroatoms. The number of benzene rings is 7. The largest absolute Gasteiger partial charge is 0.456 e. The lowest BCUT2D eigenvalue weighted by Gasteiger charge is -2.27. The van der Waals surface area contributed by atoms with Crippen LogP contribution in [0.2, 0.25) is 0 Å². The molecule has 0 N–H and O–H groups in total. The van der Waals surface area contributed by atoms with Crippen molar-refractivity contribution in [2.45, 2.75) is 0 Å². The predicted octanol–water partition coefficient (Wildman–Crippen LogP) is 11.5. The summed E-state index contributed by atoms with van der Waals surface area (Å²) < 4.78 is 6.18. The number of nitrogens with zero attached hydrogens (tertiary/aromatic N) is 1. The van der Waals surface area contributed by atoms with Gasteiger partial charge in [0.25, 0.3) is 0 Å². The van der Waals surface area contributed by atoms with Gasteiger partial charge in [-0.15, -0.1) is 0 Å². The summed E-state index contributed by atoms with van der Waals surface area (Å²) in [6, 6.07) is 58.0. The number of rotatable bonds is 5. The first-order chi connectivity index (χ1) is 20.8. The molecule has 8 rings (SSSR count). The zero-order valence-corrected chi connectivity index (χ0v) is 22.9. The lowest BCUT2D eigenvalue weighted by molar-refractivity contribution is 0.669. The molecule has 0 aliphatic rings. The molecule has 0 atom stereocenters. The van der Waals surface area contributed by atoms with Crippen molar-refractivity contribution in [3.63, 3.8) is 0 Å². The van der Waals surface area contributed by atoms with Crippen LogP contribution in [0, 0.1) is 0 Å². The average molecular weight is 538 g/mol. The van der Waals surface area contributed by atoms with Gasteiger partial charge in [0.15, 0.2) is 0 Å². The zero-order chi connectivity index (χ0) is 27.9. The highest BCUT2D eigenvalue weighted by atomic mass is 16.3. The van der Waals surface area contributed by atoms with Gasteiger partial charge in [0.1, 0.15) is 11.2 Å². The van der Waals surface area contributed by atoms with Gasteiger partial charge in [-0.1, -0.05) is 115 Å². The molecule has 0 unspecified atom stereocenters. The second-order valence-corrected chi connectivity index (χ2v) is 10.6. The van der Waals surface area contributed by atoms with E-state index in [2.05, 4.69) is 157 Å². The standard InChI is InChI=1S/C40H27NO/c1-3-11-28(12-4-1)30-15-9-17-33(25-30)41(34-18-10-16-31(26-34)29-13-5-2-6-14-29)35-22-23-36-32(27-35)21-24-39-40(36)37-19-7-8-20-38(37)42-39/h1-27H. The number of furan rings is 1. The predicted molar refractivity (Wildman–Crippen MR) is 177 cm³/mol. The summed E-state index contributed by atoms with van der Waals surface area (Å²) in [6.45, 7) is 0. The molecule has 0 aliphatic carbocycles. The Bertz CT molecular complexity index is 2110. The molecule has 0 radical (unpaired) electrons. The Kier molecular flexibility index (Phi) is 5.82. The van der Waals surface area contributed by atoms with Crippen LogP contribution in [0.4, 0.5) is 17.1 Å². The SMILES string of the molecule is c1ccc(-c2cccc(N(c3cccc(-c4ccccc4)c3)c3ccc4c(ccc5oc6ccccc6c54)c3)c2)cc1. The summed E-state index contributed by atoms with van der Waals surface area (Å²) in [6.07, 6.45) is 0. The highest BCUT2D eigenvalue weighted by Gasteiger charge is 2.17. The third-order valence-electron chi connectivity index (χ3n) is 8.02. The average Bonchev–Trinajstić information content (AvgIpc) is 3.45. The van der Waals surface area contributed by atoms with Crippen LogP contribution < -0.4 is 4.90 Å². The van der Waals surface area contributed by atoms with Crippen LogP contribution in [0.1, 0.15) is 0 Å². The molecule has 0 saturated heterocycles. The summed E-state index contributed by atoms with van der Waals surface area (Å²) in [4.78, 5) is 2.36. The van der Waals surface area contributed by atoms with Gasteiger partial charge in [0.05, 0.1) is 0 Å². The van der Waals surface area contributed by atoms with Gasteiger partial charge in [-0.2, -0.15) is 0 Å². The van der Waals surface area contributed by atoms with Gasteiger partial charge in [-0.3, -0.25) is 0 Å². The van der Waals surface area contributed by atoms with E-state index in [9.17, 15) is 0 Å². The van der Waals surface area contributed by atoms with Crippen molar-refractivity contribution < 1.29 is 4.42 Å². The van der Waals surface area contributed by atoms with Crippen LogP contribution in [0.25, 0.3) is 55.0 Å². The van der Waals surface area contributed by atoms with Crippen LogP contribution in [0.5, 0.6) is 0 Å². The van der Waals surface area contributed by atoms with Crippen molar-refractivity contribution >= 4 is 49.8 Å². The van der Waals surface area contributed by atoms with E-state index in [-0.39, 0.29) is 0 Å². The Balaban J connectivity index is 1.33. The van der Waals surface area contributed by atoms with Crippen molar-refractivity contribution in [1.82, 2.24) is 0 Å². The molecule has 2 nitrogen and oxygen atoms in total. The van der Waals surface area contributed by atoms with E-state index in [1.807, 2.05) is 12.1 Å². The molecule has 7 aromatic carbocycles. The van der Waals surface area contributed by atoms with Crippen molar-refractivity contribution in [3.8, 4) is 22.3 Å². The third-order valence-corrected chi connectivity index (χ3v) is 8.02. The monoisotopic (exact) mass is 537 g/mol. The molecule has 0 saturated carbocycles. The lowest BCUT2D eigenvalue weighted by Crippen LogP contribution is -2.10. The summed E-state index contributed by atoms with van der Waals surface area (Å²) in [7, 11) is 0. The van der Waals surface area contributed by atoms with Gasteiger partial charge in [0, 0.05) is 27.8 Å². The van der Waals surface area contributed by atoms with E-state index in [0.717, 1.165) is 33.6 Å². The van der Waals surface area contributed by atoms with E-state index < -0.39 is 0 Å². The van der Waals surface area contributed by atoms with E-state index in [0.29, 0.717) is 0 Å². The molecule has 198 valence electrons. The van der Waals surface area contributed by atoms with Gasteiger partial charge < -0.3 is 9.32 Å². The molecule has 0 spiro atoms. The summed E-state index contributed by atoms with van der Waals surface area (Å²) >= 11 is 0. The molecule has 42 heavy (non-hydrogen) atoms. The fourth-order valence-electron chi connectivity index (χ4n) is 6.04. The van der Waals surface area contributed by atoms with Crippen LogP contribution >= 0.6 is 0 Å². The Morgan fingerprint density at radius 1 is 0.357 bits per heavy atom. The van der Waals surface area contributed by atoms with Crippen LogP contribution in [-0.2, 0) is 0 Å². The lowest BCUT2D eigenvalue weighted by atomic mass is 10.0. The Morgan fingerprint density at radius 3 is 1.60 bits per heavy atom. The smallest absolute Gasteiger partial charge is 0.136 e. The minimum Gasteiger partial charge on any atom is -0.456 e. The highest BCUT2D eigenvalue weighted by molar-refractivity contribution is 6.19. The maximum absolute atomic E-state index is 6.18. The molecular weight excluding hydrogens is 510 g/mol. The Hall–Kier alpha value is -5.60. The highest BCUT2D eigenvalue weighted by Crippen LogP contribution is 2.41. The number of hydrogen-bond donors (Lipinski definition) is 0. The second kappa shape index (κ2) is 10.1. The molecule has 1 heterocycles. The minimum absolute atomic E-state index is 0.916. The van der Waals surface area contributed by atoms with Crippen LogP contribution in [0.15, 0.2) is 168 Å². The topological polar surface area (TPSA) is 16.4 Å². The first kappa shape index (κ1) is 24.2. The zero-order valence-electron chi connectivity index (χ0n) is 22.9. The van der Waals surface area contributed by atoms with Crippen LogP contribution in [0.3, 0.4) is 0 Å².